The van der Waals surface area contributed by atoms with Crippen molar-refractivity contribution in [1.29, 1.82) is 0 Å². The minimum absolute atomic E-state index is 0.555. The first-order chi connectivity index (χ1) is 10.4. The maximum absolute atomic E-state index is 3.82. The summed E-state index contributed by atoms with van der Waals surface area (Å²) in [6, 6.07) is 9.37. The average Bonchev–Trinajstić information content (AvgIpc) is 2.86. The highest BCUT2D eigenvalue weighted by Gasteiger charge is 2.30. The Hall–Kier alpha value is -1.28. The zero-order valence-corrected chi connectivity index (χ0v) is 12.8. The summed E-state index contributed by atoms with van der Waals surface area (Å²) in [5.74, 6) is 0.817. The average molecular weight is 282 g/mol. The third-order valence-corrected chi connectivity index (χ3v) is 5.52. The summed E-state index contributed by atoms with van der Waals surface area (Å²) in [4.78, 5) is 3.74. The summed E-state index contributed by atoms with van der Waals surface area (Å²) >= 11 is 0. The summed E-state index contributed by atoms with van der Waals surface area (Å²) in [6.45, 7) is 1.13. The summed E-state index contributed by atoms with van der Waals surface area (Å²) in [5, 5.41) is 5.27. The summed E-state index contributed by atoms with van der Waals surface area (Å²) in [6.07, 6.45) is 11.1. The molecule has 4 rings (SSSR count). The van der Waals surface area contributed by atoms with Crippen LogP contribution in [-0.4, -0.2) is 11.5 Å². The molecule has 2 aliphatic rings. The molecule has 2 heterocycles. The fraction of sp³-hybridized carbons (Fsp3) is 0.579. The molecule has 21 heavy (non-hydrogen) atoms. The van der Waals surface area contributed by atoms with Crippen LogP contribution in [0, 0.1) is 5.92 Å². The Morgan fingerprint density at radius 1 is 0.905 bits per heavy atom. The molecule has 0 spiro atoms. The van der Waals surface area contributed by atoms with Crippen molar-refractivity contribution in [1.82, 2.24) is 10.3 Å². The van der Waals surface area contributed by atoms with E-state index in [0.29, 0.717) is 6.04 Å². The van der Waals surface area contributed by atoms with Crippen LogP contribution >= 0.6 is 0 Å². The normalized spacial score (nSPS) is 24.5. The number of hydrogen-bond acceptors (Lipinski definition) is 1. The second kappa shape index (κ2) is 5.84. The van der Waals surface area contributed by atoms with Crippen molar-refractivity contribution in [3.05, 3.63) is 35.5 Å². The molecule has 0 saturated heterocycles. The highest BCUT2D eigenvalue weighted by molar-refractivity contribution is 5.85. The van der Waals surface area contributed by atoms with E-state index in [9.17, 15) is 0 Å². The molecule has 1 fully saturated rings. The van der Waals surface area contributed by atoms with Gasteiger partial charge in [0.25, 0.3) is 0 Å². The molecule has 1 unspecified atom stereocenters. The number of fused-ring (bicyclic) bond motifs is 3. The molecular weight excluding hydrogens is 256 g/mol. The second-order valence-electron chi connectivity index (χ2n) is 6.85. The Balaban J connectivity index is 1.68. The number of H-pyrrole nitrogens is 1. The van der Waals surface area contributed by atoms with E-state index in [1.54, 1.807) is 5.56 Å². The van der Waals surface area contributed by atoms with Gasteiger partial charge in [-0.1, -0.05) is 50.3 Å². The van der Waals surface area contributed by atoms with Crippen LogP contribution in [0.2, 0.25) is 0 Å². The van der Waals surface area contributed by atoms with Gasteiger partial charge in [0.15, 0.2) is 0 Å². The molecule has 1 aromatic carbocycles. The van der Waals surface area contributed by atoms with Crippen molar-refractivity contribution in [2.75, 3.05) is 6.54 Å². The SMILES string of the molecule is c1ccc2c3c([nH]c2c1)C(C1CCCCCCC1)NCC3. The van der Waals surface area contributed by atoms with Crippen molar-refractivity contribution < 1.29 is 0 Å². The maximum Gasteiger partial charge on any atom is 0.0504 e. The van der Waals surface area contributed by atoms with E-state index < -0.39 is 0 Å². The van der Waals surface area contributed by atoms with Gasteiger partial charge in [-0.2, -0.15) is 0 Å². The van der Waals surface area contributed by atoms with Gasteiger partial charge in [0.2, 0.25) is 0 Å². The van der Waals surface area contributed by atoms with Crippen LogP contribution in [0.4, 0.5) is 0 Å². The first-order valence-electron chi connectivity index (χ1n) is 8.76. The molecule has 0 radical (unpaired) electrons. The highest BCUT2D eigenvalue weighted by atomic mass is 15.0. The Morgan fingerprint density at radius 3 is 2.52 bits per heavy atom. The fourth-order valence-electron chi connectivity index (χ4n) is 4.43. The van der Waals surface area contributed by atoms with Gasteiger partial charge in [0, 0.05) is 16.6 Å². The van der Waals surface area contributed by atoms with Crippen molar-refractivity contribution in [3.63, 3.8) is 0 Å². The van der Waals surface area contributed by atoms with Crippen molar-refractivity contribution in [3.8, 4) is 0 Å². The lowest BCUT2D eigenvalue weighted by molar-refractivity contribution is 0.277. The minimum atomic E-state index is 0.555. The lowest BCUT2D eigenvalue weighted by atomic mass is 9.82. The molecule has 0 bridgehead atoms. The topological polar surface area (TPSA) is 27.8 Å². The molecular formula is C19H26N2. The maximum atomic E-state index is 3.82. The van der Waals surface area contributed by atoms with Crippen LogP contribution in [0.15, 0.2) is 24.3 Å². The lowest BCUT2D eigenvalue weighted by Gasteiger charge is -2.33. The largest absolute Gasteiger partial charge is 0.357 e. The molecule has 112 valence electrons. The van der Waals surface area contributed by atoms with Gasteiger partial charge in [-0.3, -0.25) is 0 Å². The summed E-state index contributed by atoms with van der Waals surface area (Å²) in [7, 11) is 0. The molecule has 1 atom stereocenters. The molecule has 2 N–H and O–H groups in total. The summed E-state index contributed by atoms with van der Waals surface area (Å²) < 4.78 is 0. The van der Waals surface area contributed by atoms with Crippen molar-refractivity contribution in [2.45, 2.75) is 57.4 Å². The van der Waals surface area contributed by atoms with E-state index in [4.69, 9.17) is 0 Å². The van der Waals surface area contributed by atoms with Crippen LogP contribution in [0.5, 0.6) is 0 Å². The molecule has 2 nitrogen and oxygen atoms in total. The van der Waals surface area contributed by atoms with Crippen LogP contribution in [-0.2, 0) is 6.42 Å². The molecule has 0 amide bonds. The number of para-hydroxylation sites is 1. The van der Waals surface area contributed by atoms with E-state index in [1.165, 1.54) is 68.0 Å². The van der Waals surface area contributed by atoms with Crippen LogP contribution in [0.25, 0.3) is 10.9 Å². The monoisotopic (exact) mass is 282 g/mol. The molecule has 1 aliphatic heterocycles. The van der Waals surface area contributed by atoms with Gasteiger partial charge in [0.05, 0.1) is 6.04 Å². The highest BCUT2D eigenvalue weighted by Crippen LogP contribution is 2.38. The molecule has 1 saturated carbocycles. The zero-order valence-electron chi connectivity index (χ0n) is 12.8. The second-order valence-corrected chi connectivity index (χ2v) is 6.85. The van der Waals surface area contributed by atoms with Gasteiger partial charge in [0.1, 0.15) is 0 Å². The predicted octanol–water partition coefficient (Wildman–Crippen LogP) is 4.72. The Morgan fingerprint density at radius 2 is 1.67 bits per heavy atom. The number of rotatable bonds is 1. The first kappa shape index (κ1) is 13.4. The number of hydrogen-bond donors (Lipinski definition) is 2. The van der Waals surface area contributed by atoms with Gasteiger partial charge < -0.3 is 10.3 Å². The first-order valence-corrected chi connectivity index (χ1v) is 8.76. The van der Waals surface area contributed by atoms with E-state index in [2.05, 4.69) is 34.6 Å². The number of nitrogens with one attached hydrogen (secondary N) is 2. The Kier molecular flexibility index (Phi) is 3.72. The standard InChI is InChI=1S/C19H26N2/c1-2-4-8-14(9-5-3-1)18-19-16(12-13-20-18)15-10-6-7-11-17(15)21-19/h6-7,10-11,14,18,20-21H,1-5,8-9,12-13H2. The third kappa shape index (κ3) is 2.50. The summed E-state index contributed by atoms with van der Waals surface area (Å²) in [5.41, 5.74) is 4.39. The van der Waals surface area contributed by atoms with E-state index in [1.807, 2.05) is 0 Å². The molecule has 1 aromatic heterocycles. The lowest BCUT2D eigenvalue weighted by Crippen LogP contribution is -2.35. The number of benzene rings is 1. The van der Waals surface area contributed by atoms with Crippen molar-refractivity contribution in [2.24, 2.45) is 5.92 Å². The minimum Gasteiger partial charge on any atom is -0.357 e. The van der Waals surface area contributed by atoms with Crippen molar-refractivity contribution >= 4 is 10.9 Å². The van der Waals surface area contributed by atoms with Gasteiger partial charge in [-0.05, 0) is 43.4 Å². The molecule has 2 heteroatoms. The molecule has 1 aliphatic carbocycles. The van der Waals surface area contributed by atoms with Gasteiger partial charge >= 0.3 is 0 Å². The molecule has 2 aromatic rings. The number of aromatic amines is 1. The van der Waals surface area contributed by atoms with E-state index in [-0.39, 0.29) is 0 Å². The van der Waals surface area contributed by atoms with Gasteiger partial charge in [-0.15, -0.1) is 0 Å². The van der Waals surface area contributed by atoms with Crippen LogP contribution in [0.3, 0.4) is 0 Å². The Bertz CT molecular complexity index is 605. The fourth-order valence-corrected chi connectivity index (χ4v) is 4.43. The third-order valence-electron chi connectivity index (χ3n) is 5.52. The Labute approximate surface area is 127 Å². The smallest absolute Gasteiger partial charge is 0.0504 e. The van der Waals surface area contributed by atoms with Crippen LogP contribution in [0.1, 0.15) is 62.2 Å². The van der Waals surface area contributed by atoms with E-state index >= 15 is 0 Å². The zero-order chi connectivity index (χ0) is 14.1. The van der Waals surface area contributed by atoms with Crippen LogP contribution < -0.4 is 5.32 Å². The quantitative estimate of drug-likeness (QED) is 0.778. The van der Waals surface area contributed by atoms with E-state index in [0.717, 1.165) is 12.5 Å². The van der Waals surface area contributed by atoms with Gasteiger partial charge in [-0.25, -0.2) is 0 Å². The number of aromatic nitrogens is 1. The predicted molar refractivity (Wildman–Crippen MR) is 88.6 cm³/mol.